The average Bonchev–Trinajstić information content (AvgIpc) is 2.68. The third-order valence-corrected chi connectivity index (χ3v) is 4.85. The van der Waals surface area contributed by atoms with Crippen molar-refractivity contribution >= 4 is 28.2 Å². The van der Waals surface area contributed by atoms with Crippen LogP contribution in [0.3, 0.4) is 0 Å². The summed E-state index contributed by atoms with van der Waals surface area (Å²) in [5, 5.41) is 1.87. The van der Waals surface area contributed by atoms with E-state index in [1.54, 1.807) is 6.20 Å². The molecule has 0 saturated carbocycles. The predicted octanol–water partition coefficient (Wildman–Crippen LogP) is 3.06. The lowest BCUT2D eigenvalue weighted by molar-refractivity contribution is 0.0737. The first-order valence-corrected chi connectivity index (χ1v) is 8.67. The SMILES string of the molecule is Nc1cnc(N2CCN(C(=O)c3c(F)cccc3F)CC2)c2ccccc12. The number of hydrogen-bond acceptors (Lipinski definition) is 4. The molecule has 138 valence electrons. The van der Waals surface area contributed by atoms with Crippen molar-refractivity contribution in [1.82, 2.24) is 9.88 Å². The summed E-state index contributed by atoms with van der Waals surface area (Å²) < 4.78 is 27.8. The van der Waals surface area contributed by atoms with Crippen LogP contribution in [0.4, 0.5) is 20.3 Å². The number of nitrogen functional groups attached to an aromatic ring is 1. The van der Waals surface area contributed by atoms with Crippen LogP contribution in [0.1, 0.15) is 10.4 Å². The normalized spacial score (nSPS) is 14.6. The van der Waals surface area contributed by atoms with Crippen LogP contribution in [-0.2, 0) is 0 Å². The van der Waals surface area contributed by atoms with E-state index >= 15 is 0 Å². The Bertz CT molecular complexity index is 996. The van der Waals surface area contributed by atoms with Gasteiger partial charge >= 0.3 is 0 Å². The largest absolute Gasteiger partial charge is 0.397 e. The van der Waals surface area contributed by atoms with Gasteiger partial charge in [-0.2, -0.15) is 0 Å². The number of piperazine rings is 1. The summed E-state index contributed by atoms with van der Waals surface area (Å²) in [5.41, 5.74) is 6.12. The van der Waals surface area contributed by atoms with Crippen molar-refractivity contribution in [1.29, 1.82) is 0 Å². The van der Waals surface area contributed by atoms with E-state index in [9.17, 15) is 13.6 Å². The number of nitrogens with two attached hydrogens (primary N) is 1. The minimum Gasteiger partial charge on any atom is -0.397 e. The molecule has 7 heteroatoms. The van der Waals surface area contributed by atoms with Crippen LogP contribution in [0.15, 0.2) is 48.7 Å². The molecule has 3 aromatic rings. The van der Waals surface area contributed by atoms with Crippen molar-refractivity contribution < 1.29 is 13.6 Å². The summed E-state index contributed by atoms with van der Waals surface area (Å²) in [6, 6.07) is 11.2. The lowest BCUT2D eigenvalue weighted by atomic mass is 10.1. The number of carbonyl (C=O) groups excluding carboxylic acids is 1. The Morgan fingerprint density at radius 3 is 2.22 bits per heavy atom. The van der Waals surface area contributed by atoms with Gasteiger partial charge in [-0.05, 0) is 12.1 Å². The monoisotopic (exact) mass is 368 g/mol. The number of benzene rings is 2. The molecule has 0 aliphatic carbocycles. The van der Waals surface area contributed by atoms with Crippen molar-refractivity contribution in [2.75, 3.05) is 36.8 Å². The maximum absolute atomic E-state index is 13.9. The summed E-state index contributed by atoms with van der Waals surface area (Å²) in [4.78, 5) is 20.5. The smallest absolute Gasteiger partial charge is 0.259 e. The quantitative estimate of drug-likeness (QED) is 0.755. The number of hydrogen-bond donors (Lipinski definition) is 1. The number of halogens is 2. The van der Waals surface area contributed by atoms with E-state index in [-0.39, 0.29) is 0 Å². The first-order chi connectivity index (χ1) is 13.1. The zero-order chi connectivity index (χ0) is 19.0. The van der Waals surface area contributed by atoms with E-state index in [1.807, 2.05) is 24.3 Å². The molecule has 1 fully saturated rings. The fourth-order valence-electron chi connectivity index (χ4n) is 3.43. The predicted molar refractivity (Wildman–Crippen MR) is 101 cm³/mol. The van der Waals surface area contributed by atoms with Gasteiger partial charge in [0, 0.05) is 37.0 Å². The zero-order valence-corrected chi connectivity index (χ0v) is 14.5. The van der Waals surface area contributed by atoms with E-state index in [1.165, 1.54) is 11.0 Å². The van der Waals surface area contributed by atoms with Crippen LogP contribution in [0, 0.1) is 11.6 Å². The summed E-state index contributed by atoms with van der Waals surface area (Å²) >= 11 is 0. The molecular weight excluding hydrogens is 350 g/mol. The molecule has 1 aliphatic rings. The molecule has 27 heavy (non-hydrogen) atoms. The topological polar surface area (TPSA) is 62.5 Å². The summed E-state index contributed by atoms with van der Waals surface area (Å²) in [7, 11) is 0. The fraction of sp³-hybridized carbons (Fsp3) is 0.200. The highest BCUT2D eigenvalue weighted by atomic mass is 19.1. The second-order valence-electron chi connectivity index (χ2n) is 6.46. The van der Waals surface area contributed by atoms with Gasteiger partial charge in [-0.25, -0.2) is 13.8 Å². The first kappa shape index (κ1) is 17.2. The maximum Gasteiger partial charge on any atom is 0.259 e. The van der Waals surface area contributed by atoms with Gasteiger partial charge in [0.1, 0.15) is 23.0 Å². The van der Waals surface area contributed by atoms with Gasteiger partial charge in [0.15, 0.2) is 0 Å². The molecule has 2 aromatic carbocycles. The van der Waals surface area contributed by atoms with Gasteiger partial charge in [0.05, 0.1) is 11.9 Å². The molecule has 4 rings (SSSR count). The van der Waals surface area contributed by atoms with Crippen molar-refractivity contribution in [3.05, 3.63) is 65.9 Å². The van der Waals surface area contributed by atoms with Crippen molar-refractivity contribution in [3.8, 4) is 0 Å². The van der Waals surface area contributed by atoms with E-state index in [0.29, 0.717) is 31.9 Å². The third-order valence-electron chi connectivity index (χ3n) is 4.85. The molecule has 2 heterocycles. The molecule has 0 spiro atoms. The number of amides is 1. The molecule has 1 saturated heterocycles. The lowest BCUT2D eigenvalue weighted by Gasteiger charge is -2.36. The Labute approximate surface area is 155 Å². The number of anilines is 2. The van der Waals surface area contributed by atoms with Gasteiger partial charge < -0.3 is 15.5 Å². The van der Waals surface area contributed by atoms with Crippen LogP contribution in [-0.4, -0.2) is 42.0 Å². The van der Waals surface area contributed by atoms with Crippen LogP contribution in [0.25, 0.3) is 10.8 Å². The summed E-state index contributed by atoms with van der Waals surface area (Å²) in [5.74, 6) is -1.51. The Morgan fingerprint density at radius 1 is 0.926 bits per heavy atom. The highest BCUT2D eigenvalue weighted by molar-refractivity contribution is 5.99. The number of carbonyl (C=O) groups is 1. The van der Waals surface area contributed by atoms with E-state index in [4.69, 9.17) is 5.73 Å². The lowest BCUT2D eigenvalue weighted by Crippen LogP contribution is -2.49. The number of rotatable bonds is 2. The van der Waals surface area contributed by atoms with Crippen LogP contribution in [0.5, 0.6) is 0 Å². The van der Waals surface area contributed by atoms with Gasteiger partial charge in [-0.1, -0.05) is 30.3 Å². The Balaban J connectivity index is 1.55. The van der Waals surface area contributed by atoms with Crippen LogP contribution in [0.2, 0.25) is 0 Å². The number of nitrogens with zero attached hydrogens (tertiary/aromatic N) is 3. The highest BCUT2D eigenvalue weighted by Gasteiger charge is 2.27. The molecule has 1 amide bonds. The molecular formula is C20H18F2N4O. The van der Waals surface area contributed by atoms with Crippen molar-refractivity contribution in [2.24, 2.45) is 0 Å². The van der Waals surface area contributed by atoms with Gasteiger partial charge in [-0.15, -0.1) is 0 Å². The Kier molecular flexibility index (Phi) is 4.35. The Morgan fingerprint density at radius 2 is 1.56 bits per heavy atom. The maximum atomic E-state index is 13.9. The minimum atomic E-state index is -0.839. The summed E-state index contributed by atoms with van der Waals surface area (Å²) in [6.07, 6.45) is 1.63. The number of fused-ring (bicyclic) bond motifs is 1. The molecule has 0 radical (unpaired) electrons. The summed E-state index contributed by atoms with van der Waals surface area (Å²) in [6.45, 7) is 1.74. The third kappa shape index (κ3) is 3.05. The van der Waals surface area contributed by atoms with Crippen molar-refractivity contribution in [2.45, 2.75) is 0 Å². The molecule has 2 N–H and O–H groups in total. The Hall–Kier alpha value is -3.22. The average molecular weight is 368 g/mol. The second kappa shape index (κ2) is 6.83. The van der Waals surface area contributed by atoms with E-state index < -0.39 is 23.1 Å². The second-order valence-corrected chi connectivity index (χ2v) is 6.46. The van der Waals surface area contributed by atoms with Crippen LogP contribution < -0.4 is 10.6 Å². The molecule has 1 aliphatic heterocycles. The minimum absolute atomic E-state index is 0.354. The van der Waals surface area contributed by atoms with Gasteiger partial charge in [0.25, 0.3) is 5.91 Å². The standard InChI is InChI=1S/C20H18F2N4O/c21-15-6-3-7-16(22)18(15)20(27)26-10-8-25(9-11-26)19-14-5-2-1-4-13(14)17(23)12-24-19/h1-7,12H,8-11,23H2. The zero-order valence-electron chi connectivity index (χ0n) is 14.5. The first-order valence-electron chi connectivity index (χ1n) is 8.67. The molecule has 5 nitrogen and oxygen atoms in total. The molecule has 0 atom stereocenters. The molecule has 1 aromatic heterocycles. The fourth-order valence-corrected chi connectivity index (χ4v) is 3.43. The van der Waals surface area contributed by atoms with Crippen LogP contribution >= 0.6 is 0 Å². The molecule has 0 unspecified atom stereocenters. The van der Waals surface area contributed by atoms with Gasteiger partial charge in [0.2, 0.25) is 0 Å². The van der Waals surface area contributed by atoms with Gasteiger partial charge in [-0.3, -0.25) is 4.79 Å². The van der Waals surface area contributed by atoms with Crippen molar-refractivity contribution in [3.63, 3.8) is 0 Å². The van der Waals surface area contributed by atoms with E-state index in [2.05, 4.69) is 9.88 Å². The highest BCUT2D eigenvalue weighted by Crippen LogP contribution is 2.29. The number of aromatic nitrogens is 1. The number of pyridine rings is 1. The molecule has 0 bridgehead atoms. The van der Waals surface area contributed by atoms with E-state index in [0.717, 1.165) is 28.7 Å².